The van der Waals surface area contributed by atoms with Crippen molar-refractivity contribution in [1.29, 1.82) is 0 Å². The van der Waals surface area contributed by atoms with Crippen molar-refractivity contribution >= 4 is 5.97 Å². The molecule has 1 aromatic rings. The molecule has 0 aliphatic heterocycles. The molecule has 0 aliphatic carbocycles. The number of aliphatic carboxylic acids is 1. The second-order valence-electron chi connectivity index (χ2n) is 3.43. The van der Waals surface area contributed by atoms with Crippen LogP contribution in [0.1, 0.15) is 16.7 Å². The van der Waals surface area contributed by atoms with Crippen LogP contribution in [0.3, 0.4) is 0 Å². The third-order valence-corrected chi connectivity index (χ3v) is 2.39. The van der Waals surface area contributed by atoms with Crippen molar-refractivity contribution < 1.29 is 19.7 Å². The van der Waals surface area contributed by atoms with Crippen molar-refractivity contribution in [2.45, 2.75) is 20.3 Å². The quantitative estimate of drug-likeness (QED) is 0.796. The maximum Gasteiger partial charge on any atom is 0.307 e. The van der Waals surface area contributed by atoms with Gasteiger partial charge in [-0.05, 0) is 25.0 Å². The molecule has 0 bridgehead atoms. The third kappa shape index (κ3) is 2.21. The SMILES string of the molecule is COc1c(C)c(C)cc(CC(=O)O)c1O. The van der Waals surface area contributed by atoms with Crippen LogP contribution in [0.5, 0.6) is 11.5 Å². The lowest BCUT2D eigenvalue weighted by Crippen LogP contribution is -2.03. The van der Waals surface area contributed by atoms with Gasteiger partial charge in [0.2, 0.25) is 0 Å². The smallest absolute Gasteiger partial charge is 0.307 e. The molecule has 15 heavy (non-hydrogen) atoms. The Kier molecular flexibility index (Phi) is 3.19. The molecule has 1 aromatic carbocycles. The summed E-state index contributed by atoms with van der Waals surface area (Å²) in [5.41, 5.74) is 2.10. The number of rotatable bonds is 3. The van der Waals surface area contributed by atoms with Gasteiger partial charge in [0.25, 0.3) is 0 Å². The van der Waals surface area contributed by atoms with E-state index in [1.165, 1.54) is 7.11 Å². The number of phenols is 1. The first kappa shape index (κ1) is 11.4. The summed E-state index contributed by atoms with van der Waals surface area (Å²) in [6.45, 7) is 3.67. The Labute approximate surface area is 88.1 Å². The van der Waals surface area contributed by atoms with Crippen molar-refractivity contribution in [2.24, 2.45) is 0 Å². The van der Waals surface area contributed by atoms with E-state index in [4.69, 9.17) is 9.84 Å². The average molecular weight is 210 g/mol. The molecule has 0 aliphatic rings. The molecule has 0 fully saturated rings. The fraction of sp³-hybridized carbons (Fsp3) is 0.364. The summed E-state index contributed by atoms with van der Waals surface area (Å²) < 4.78 is 5.04. The predicted octanol–water partition coefficient (Wildman–Crippen LogP) is 1.64. The van der Waals surface area contributed by atoms with Gasteiger partial charge >= 0.3 is 5.97 Å². The van der Waals surface area contributed by atoms with Crippen LogP contribution in [-0.4, -0.2) is 23.3 Å². The van der Waals surface area contributed by atoms with E-state index < -0.39 is 5.97 Å². The van der Waals surface area contributed by atoms with Crippen LogP contribution in [-0.2, 0) is 11.2 Å². The number of aryl methyl sites for hydroxylation is 1. The van der Waals surface area contributed by atoms with E-state index in [-0.39, 0.29) is 12.2 Å². The highest BCUT2D eigenvalue weighted by molar-refractivity contribution is 5.72. The number of methoxy groups -OCH3 is 1. The van der Waals surface area contributed by atoms with Crippen molar-refractivity contribution in [3.05, 3.63) is 22.8 Å². The van der Waals surface area contributed by atoms with Gasteiger partial charge in [-0.1, -0.05) is 6.07 Å². The number of carboxylic acid groups (broad SMARTS) is 1. The van der Waals surface area contributed by atoms with E-state index in [9.17, 15) is 9.90 Å². The van der Waals surface area contributed by atoms with Crippen LogP contribution in [0.4, 0.5) is 0 Å². The lowest BCUT2D eigenvalue weighted by atomic mass is 10.0. The van der Waals surface area contributed by atoms with Crippen molar-refractivity contribution in [3.8, 4) is 11.5 Å². The lowest BCUT2D eigenvalue weighted by molar-refractivity contribution is -0.136. The minimum Gasteiger partial charge on any atom is -0.504 e. The maximum absolute atomic E-state index is 10.6. The van der Waals surface area contributed by atoms with Gasteiger partial charge in [-0.15, -0.1) is 0 Å². The molecule has 2 N–H and O–H groups in total. The van der Waals surface area contributed by atoms with Gasteiger partial charge in [-0.25, -0.2) is 0 Å². The molecule has 1 rings (SSSR count). The molecule has 0 unspecified atom stereocenters. The molecule has 0 amide bonds. The molecule has 82 valence electrons. The summed E-state index contributed by atoms with van der Waals surface area (Å²) in [4.78, 5) is 10.6. The first-order chi connectivity index (χ1) is 6.97. The van der Waals surface area contributed by atoms with E-state index in [0.717, 1.165) is 11.1 Å². The van der Waals surface area contributed by atoms with Crippen molar-refractivity contribution in [3.63, 3.8) is 0 Å². The second-order valence-corrected chi connectivity index (χ2v) is 3.43. The van der Waals surface area contributed by atoms with Crippen LogP contribution < -0.4 is 4.74 Å². The van der Waals surface area contributed by atoms with Crippen LogP contribution in [0.15, 0.2) is 6.07 Å². The fourth-order valence-electron chi connectivity index (χ4n) is 1.49. The zero-order valence-electron chi connectivity index (χ0n) is 9.00. The Balaban J connectivity index is 3.30. The number of aromatic hydroxyl groups is 1. The monoisotopic (exact) mass is 210 g/mol. The van der Waals surface area contributed by atoms with Gasteiger partial charge in [0, 0.05) is 5.56 Å². The molecular weight excluding hydrogens is 196 g/mol. The summed E-state index contributed by atoms with van der Waals surface area (Å²) in [6, 6.07) is 1.67. The normalized spacial score (nSPS) is 10.1. The Hall–Kier alpha value is -1.71. The predicted molar refractivity (Wildman–Crippen MR) is 55.5 cm³/mol. The zero-order valence-corrected chi connectivity index (χ0v) is 9.00. The standard InChI is InChI=1S/C11H14O4/c1-6-4-8(5-9(12)13)10(14)11(15-3)7(6)2/h4,14H,5H2,1-3H3,(H,12,13). The Bertz CT molecular complexity index is 396. The van der Waals surface area contributed by atoms with E-state index in [1.54, 1.807) is 6.07 Å². The largest absolute Gasteiger partial charge is 0.504 e. The highest BCUT2D eigenvalue weighted by atomic mass is 16.5. The molecule has 0 aromatic heterocycles. The maximum atomic E-state index is 10.6. The van der Waals surface area contributed by atoms with E-state index in [2.05, 4.69) is 0 Å². The summed E-state index contributed by atoms with van der Waals surface area (Å²) in [5.74, 6) is -0.704. The number of phenolic OH excluding ortho intramolecular Hbond substituents is 1. The number of carboxylic acids is 1. The van der Waals surface area contributed by atoms with E-state index in [1.807, 2.05) is 13.8 Å². The van der Waals surface area contributed by atoms with Crippen LogP contribution in [0.25, 0.3) is 0 Å². The molecule has 0 spiro atoms. The molecule has 4 nitrogen and oxygen atoms in total. The number of hydrogen-bond donors (Lipinski definition) is 2. The van der Waals surface area contributed by atoms with Crippen LogP contribution >= 0.6 is 0 Å². The van der Waals surface area contributed by atoms with Crippen LogP contribution in [0, 0.1) is 13.8 Å². The Morgan fingerprint density at radius 3 is 2.53 bits per heavy atom. The molecule has 0 heterocycles. The molecule has 4 heteroatoms. The number of hydrogen-bond acceptors (Lipinski definition) is 3. The summed E-state index contributed by atoms with van der Waals surface area (Å²) in [5, 5.41) is 18.4. The van der Waals surface area contributed by atoms with Gasteiger partial charge in [0.1, 0.15) is 0 Å². The molecule has 0 atom stereocenters. The molecule has 0 radical (unpaired) electrons. The Morgan fingerprint density at radius 1 is 1.47 bits per heavy atom. The Morgan fingerprint density at radius 2 is 2.07 bits per heavy atom. The topological polar surface area (TPSA) is 66.8 Å². The number of benzene rings is 1. The highest BCUT2D eigenvalue weighted by Gasteiger charge is 2.15. The first-order valence-corrected chi connectivity index (χ1v) is 4.55. The van der Waals surface area contributed by atoms with Gasteiger partial charge in [0.15, 0.2) is 11.5 Å². The summed E-state index contributed by atoms with van der Waals surface area (Å²) in [6.07, 6.45) is -0.205. The van der Waals surface area contributed by atoms with Gasteiger partial charge < -0.3 is 14.9 Å². The average Bonchev–Trinajstić information content (AvgIpc) is 2.14. The summed E-state index contributed by atoms with van der Waals surface area (Å²) >= 11 is 0. The third-order valence-electron chi connectivity index (χ3n) is 2.39. The molecular formula is C11H14O4. The minimum absolute atomic E-state index is 0.0806. The second kappa shape index (κ2) is 4.21. The summed E-state index contributed by atoms with van der Waals surface area (Å²) in [7, 11) is 1.45. The van der Waals surface area contributed by atoms with E-state index >= 15 is 0 Å². The van der Waals surface area contributed by atoms with Crippen LogP contribution in [0.2, 0.25) is 0 Å². The fourth-order valence-corrected chi connectivity index (χ4v) is 1.49. The molecule has 0 saturated heterocycles. The highest BCUT2D eigenvalue weighted by Crippen LogP contribution is 2.35. The minimum atomic E-state index is -0.976. The molecule has 0 saturated carbocycles. The van der Waals surface area contributed by atoms with Crippen molar-refractivity contribution in [1.82, 2.24) is 0 Å². The first-order valence-electron chi connectivity index (χ1n) is 4.55. The zero-order chi connectivity index (χ0) is 11.6. The van der Waals surface area contributed by atoms with Gasteiger partial charge in [-0.3, -0.25) is 4.79 Å². The van der Waals surface area contributed by atoms with Gasteiger partial charge in [-0.2, -0.15) is 0 Å². The van der Waals surface area contributed by atoms with Gasteiger partial charge in [0.05, 0.1) is 13.5 Å². The lowest BCUT2D eigenvalue weighted by Gasteiger charge is -2.13. The number of ether oxygens (including phenoxy) is 1. The number of carbonyl (C=O) groups is 1. The van der Waals surface area contributed by atoms with E-state index in [0.29, 0.717) is 11.3 Å². The van der Waals surface area contributed by atoms with Crippen molar-refractivity contribution in [2.75, 3.05) is 7.11 Å².